The number of hydrogen-bond acceptors (Lipinski definition) is 1. The average Bonchev–Trinajstić information content (AvgIpc) is 2.18. The molecule has 15 heavy (non-hydrogen) atoms. The summed E-state index contributed by atoms with van der Waals surface area (Å²) in [5.74, 6) is 0.590. The molecule has 1 rings (SSSR count). The molecular weight excluding hydrogens is 208 g/mol. The summed E-state index contributed by atoms with van der Waals surface area (Å²) >= 11 is 6.04. The van der Waals surface area contributed by atoms with Crippen LogP contribution >= 0.6 is 11.6 Å². The van der Waals surface area contributed by atoms with Gasteiger partial charge in [-0.1, -0.05) is 13.3 Å². The van der Waals surface area contributed by atoms with Crippen LogP contribution in [0.4, 0.5) is 0 Å². The van der Waals surface area contributed by atoms with Crippen LogP contribution < -0.4 is 0 Å². The van der Waals surface area contributed by atoms with E-state index in [-0.39, 0.29) is 0 Å². The first-order valence-electron chi connectivity index (χ1n) is 5.66. The summed E-state index contributed by atoms with van der Waals surface area (Å²) in [5, 5.41) is 0.847. The van der Waals surface area contributed by atoms with Crippen LogP contribution in [0.5, 0.6) is 0 Å². The van der Waals surface area contributed by atoms with Gasteiger partial charge in [0.15, 0.2) is 6.21 Å². The first-order chi connectivity index (χ1) is 7.06. The SMILES string of the molecule is CCCC(C1C=[N+](C)C(Cl)=CC1)N(C)C. The van der Waals surface area contributed by atoms with Gasteiger partial charge in [0.1, 0.15) is 7.05 Å². The summed E-state index contributed by atoms with van der Waals surface area (Å²) < 4.78 is 2.03. The van der Waals surface area contributed by atoms with Crippen LogP contribution in [-0.2, 0) is 0 Å². The van der Waals surface area contributed by atoms with Crippen LogP contribution in [0.2, 0.25) is 0 Å². The summed E-state index contributed by atoms with van der Waals surface area (Å²) in [4.78, 5) is 2.32. The quantitative estimate of drug-likeness (QED) is 0.531. The largest absolute Gasteiger partial charge is 0.306 e. The van der Waals surface area contributed by atoms with Crippen LogP contribution in [0.3, 0.4) is 0 Å². The molecule has 0 N–H and O–H groups in total. The van der Waals surface area contributed by atoms with E-state index in [0.29, 0.717) is 12.0 Å². The molecule has 0 saturated heterocycles. The third-order valence-electron chi connectivity index (χ3n) is 3.05. The second-order valence-electron chi connectivity index (χ2n) is 4.51. The molecule has 1 aliphatic heterocycles. The second-order valence-corrected chi connectivity index (χ2v) is 4.89. The highest BCUT2D eigenvalue weighted by atomic mass is 35.5. The standard InChI is InChI=1S/C12H22ClN2/c1-5-6-11(14(2)3)10-7-8-12(13)15(4)9-10/h8-11H,5-7H2,1-4H3/q+1. The smallest absolute Gasteiger partial charge is 0.270 e. The zero-order valence-corrected chi connectivity index (χ0v) is 11.0. The Morgan fingerprint density at radius 2 is 2.27 bits per heavy atom. The predicted octanol–water partition coefficient (Wildman–Crippen LogP) is 2.53. The lowest BCUT2D eigenvalue weighted by Crippen LogP contribution is -2.38. The Balaban J connectivity index is 2.71. The van der Waals surface area contributed by atoms with Gasteiger partial charge in [-0.15, -0.1) is 0 Å². The molecule has 0 saturated carbocycles. The molecule has 1 heterocycles. The Morgan fingerprint density at radius 1 is 1.60 bits per heavy atom. The highest BCUT2D eigenvalue weighted by molar-refractivity contribution is 6.28. The third-order valence-corrected chi connectivity index (χ3v) is 3.47. The molecule has 3 heteroatoms. The molecule has 2 nitrogen and oxygen atoms in total. The first kappa shape index (κ1) is 12.7. The molecule has 2 atom stereocenters. The van der Waals surface area contributed by atoms with Gasteiger partial charge in [-0.2, -0.15) is 4.58 Å². The summed E-state index contributed by atoms with van der Waals surface area (Å²) in [7, 11) is 6.34. The van der Waals surface area contributed by atoms with Crippen molar-refractivity contribution in [2.24, 2.45) is 5.92 Å². The van der Waals surface area contributed by atoms with E-state index >= 15 is 0 Å². The molecule has 0 aromatic carbocycles. The fourth-order valence-electron chi connectivity index (χ4n) is 2.20. The van der Waals surface area contributed by atoms with Crippen molar-refractivity contribution in [1.82, 2.24) is 4.90 Å². The number of hydrogen-bond donors (Lipinski definition) is 0. The van der Waals surface area contributed by atoms with Gasteiger partial charge in [0, 0.05) is 12.1 Å². The average molecular weight is 230 g/mol. The highest BCUT2D eigenvalue weighted by Gasteiger charge is 2.27. The van der Waals surface area contributed by atoms with Crippen LogP contribution in [0.15, 0.2) is 11.2 Å². The Morgan fingerprint density at radius 3 is 2.73 bits per heavy atom. The van der Waals surface area contributed by atoms with Crippen LogP contribution in [0.1, 0.15) is 26.2 Å². The van der Waals surface area contributed by atoms with Gasteiger partial charge in [0.2, 0.25) is 0 Å². The van der Waals surface area contributed by atoms with E-state index in [9.17, 15) is 0 Å². The maximum atomic E-state index is 6.04. The topological polar surface area (TPSA) is 6.25 Å². The molecule has 2 unspecified atom stereocenters. The van der Waals surface area contributed by atoms with E-state index < -0.39 is 0 Å². The van der Waals surface area contributed by atoms with Crippen molar-refractivity contribution in [3.63, 3.8) is 0 Å². The molecule has 0 aromatic heterocycles. The van der Waals surface area contributed by atoms with Crippen LogP contribution in [0, 0.1) is 5.92 Å². The van der Waals surface area contributed by atoms with Gasteiger partial charge in [0.25, 0.3) is 5.16 Å². The number of allylic oxidation sites excluding steroid dienone is 1. The zero-order chi connectivity index (χ0) is 11.4. The van der Waals surface area contributed by atoms with Crippen molar-refractivity contribution in [3.05, 3.63) is 11.2 Å². The minimum atomic E-state index is 0.590. The molecule has 0 bridgehead atoms. The highest BCUT2D eigenvalue weighted by Crippen LogP contribution is 2.22. The Hall–Kier alpha value is -0.340. The van der Waals surface area contributed by atoms with E-state index in [1.807, 2.05) is 11.6 Å². The lowest BCUT2D eigenvalue weighted by atomic mass is 9.91. The van der Waals surface area contributed by atoms with Crippen LogP contribution in [0.25, 0.3) is 0 Å². The van der Waals surface area contributed by atoms with E-state index in [4.69, 9.17) is 11.6 Å². The number of halogens is 1. The van der Waals surface area contributed by atoms with Crippen molar-refractivity contribution in [1.29, 1.82) is 0 Å². The summed E-state index contributed by atoms with van der Waals surface area (Å²) in [6.45, 7) is 2.24. The van der Waals surface area contributed by atoms with Gasteiger partial charge in [0.05, 0.1) is 5.92 Å². The fraction of sp³-hybridized carbons (Fsp3) is 0.750. The summed E-state index contributed by atoms with van der Waals surface area (Å²) in [6.07, 6.45) is 7.91. The zero-order valence-electron chi connectivity index (χ0n) is 10.2. The summed E-state index contributed by atoms with van der Waals surface area (Å²) in [6, 6.07) is 0.624. The molecule has 0 spiro atoms. The molecule has 0 radical (unpaired) electrons. The Labute approximate surface area is 98.2 Å². The minimum Gasteiger partial charge on any atom is -0.306 e. The number of rotatable bonds is 4. The minimum absolute atomic E-state index is 0.590. The van der Waals surface area contributed by atoms with Gasteiger partial charge >= 0.3 is 0 Å². The third kappa shape index (κ3) is 3.32. The van der Waals surface area contributed by atoms with Crippen molar-refractivity contribution in [3.8, 4) is 0 Å². The van der Waals surface area contributed by atoms with Gasteiger partial charge in [-0.3, -0.25) is 0 Å². The molecular formula is C12H22ClN2+. The molecule has 0 fully saturated rings. The Kier molecular flexibility index (Phi) is 4.81. The monoisotopic (exact) mass is 229 g/mol. The lowest BCUT2D eigenvalue weighted by molar-refractivity contribution is -0.431. The van der Waals surface area contributed by atoms with Crippen molar-refractivity contribution >= 4 is 17.8 Å². The fourth-order valence-corrected chi connectivity index (χ4v) is 2.35. The summed E-state index contributed by atoms with van der Waals surface area (Å²) in [5.41, 5.74) is 0. The van der Waals surface area contributed by atoms with E-state index in [1.54, 1.807) is 0 Å². The predicted molar refractivity (Wildman–Crippen MR) is 66.7 cm³/mol. The molecule has 0 aliphatic carbocycles. The maximum absolute atomic E-state index is 6.04. The maximum Gasteiger partial charge on any atom is 0.270 e. The van der Waals surface area contributed by atoms with E-state index in [2.05, 4.69) is 38.2 Å². The molecule has 0 amide bonds. The van der Waals surface area contributed by atoms with Gasteiger partial charge in [-0.25, -0.2) is 0 Å². The molecule has 1 aliphatic rings. The molecule has 86 valence electrons. The van der Waals surface area contributed by atoms with Crippen molar-refractivity contribution in [2.45, 2.75) is 32.2 Å². The van der Waals surface area contributed by atoms with E-state index in [1.165, 1.54) is 12.8 Å². The Bertz CT molecular complexity index is 269. The number of nitrogens with zero attached hydrogens (tertiary/aromatic N) is 2. The normalized spacial score (nSPS) is 23.7. The second kappa shape index (κ2) is 5.66. The van der Waals surface area contributed by atoms with E-state index in [0.717, 1.165) is 11.6 Å². The van der Waals surface area contributed by atoms with Gasteiger partial charge in [-0.05, 0) is 38.5 Å². The van der Waals surface area contributed by atoms with Crippen LogP contribution in [-0.4, -0.2) is 42.9 Å². The lowest BCUT2D eigenvalue weighted by Gasteiger charge is -2.29. The molecule has 0 aromatic rings. The first-order valence-corrected chi connectivity index (χ1v) is 6.04. The van der Waals surface area contributed by atoms with Crippen molar-refractivity contribution in [2.75, 3.05) is 21.1 Å². The van der Waals surface area contributed by atoms with Crippen molar-refractivity contribution < 1.29 is 4.58 Å². The van der Waals surface area contributed by atoms with Gasteiger partial charge < -0.3 is 4.90 Å².